The van der Waals surface area contributed by atoms with Crippen LogP contribution in [-0.4, -0.2) is 77.1 Å². The molecule has 0 aromatic carbocycles. The van der Waals surface area contributed by atoms with E-state index < -0.39 is 0 Å². The maximum atomic E-state index is 12.2. The number of hydrogen-bond acceptors (Lipinski definition) is 4. The van der Waals surface area contributed by atoms with Crippen molar-refractivity contribution in [3.05, 3.63) is 0 Å². The number of rotatable bonds is 5. The normalized spacial score (nSPS) is 27.7. The number of amides is 2. The lowest BCUT2D eigenvalue weighted by atomic mass is 9.90. The third-order valence-corrected chi connectivity index (χ3v) is 6.08. The largest absolute Gasteiger partial charge is 0.450 e. The highest BCUT2D eigenvalue weighted by atomic mass is 16.6. The van der Waals surface area contributed by atoms with Crippen LogP contribution < -0.4 is 0 Å². The monoisotopic (exact) mass is 381 g/mol. The lowest BCUT2D eigenvalue weighted by molar-refractivity contribution is -0.133. The fraction of sp³-hybridized carbons (Fsp3) is 0.905. The maximum Gasteiger partial charge on any atom is 0.410 e. The maximum absolute atomic E-state index is 12.2. The molecule has 0 saturated carbocycles. The molecule has 0 aromatic heterocycles. The van der Waals surface area contributed by atoms with Crippen molar-refractivity contribution in [2.45, 2.75) is 91.4 Å². The Balaban J connectivity index is 1.91. The molecule has 0 aromatic rings. The third-order valence-electron chi connectivity index (χ3n) is 6.08. The lowest BCUT2D eigenvalue weighted by Crippen LogP contribution is -2.57. The number of piperidine rings is 2. The smallest absolute Gasteiger partial charge is 0.410 e. The number of ether oxygens (including phenoxy) is 1. The molecule has 156 valence electrons. The van der Waals surface area contributed by atoms with Gasteiger partial charge in [0.1, 0.15) is 0 Å². The Kier molecular flexibility index (Phi) is 7.95. The van der Waals surface area contributed by atoms with E-state index in [1.807, 2.05) is 11.8 Å². The zero-order chi connectivity index (χ0) is 20.1. The molecule has 2 aliphatic heterocycles. The summed E-state index contributed by atoms with van der Waals surface area (Å²) in [6.07, 6.45) is 3.91. The van der Waals surface area contributed by atoms with E-state index in [-0.39, 0.29) is 24.1 Å². The fourth-order valence-corrected chi connectivity index (χ4v) is 4.89. The molecule has 0 bridgehead atoms. The van der Waals surface area contributed by atoms with Crippen LogP contribution in [0.5, 0.6) is 0 Å². The van der Waals surface area contributed by atoms with Crippen molar-refractivity contribution in [2.24, 2.45) is 5.92 Å². The standard InChI is InChI=1S/C21H39N3O3/c1-7-27-21(26)24-16(4)12-20(13-17(24)5)22-10-8-19(9-11-22)23(18(6)25)14-15(2)3/h15-17,19-20H,7-14H2,1-6H3. The zero-order valence-electron chi connectivity index (χ0n) is 18.1. The molecule has 2 amide bonds. The second-order valence-corrected chi connectivity index (χ2v) is 8.76. The van der Waals surface area contributed by atoms with Gasteiger partial charge >= 0.3 is 6.09 Å². The molecule has 0 N–H and O–H groups in total. The van der Waals surface area contributed by atoms with Crippen LogP contribution in [-0.2, 0) is 9.53 Å². The van der Waals surface area contributed by atoms with Crippen molar-refractivity contribution in [2.75, 3.05) is 26.2 Å². The number of likely N-dealkylation sites (tertiary alicyclic amines) is 2. The number of carbonyl (C=O) groups is 2. The van der Waals surface area contributed by atoms with Gasteiger partial charge in [-0.2, -0.15) is 0 Å². The predicted molar refractivity (Wildman–Crippen MR) is 108 cm³/mol. The molecule has 2 fully saturated rings. The second kappa shape index (κ2) is 9.76. The fourth-order valence-electron chi connectivity index (χ4n) is 4.89. The van der Waals surface area contributed by atoms with E-state index in [9.17, 15) is 9.59 Å². The molecule has 2 unspecified atom stereocenters. The van der Waals surface area contributed by atoms with Gasteiger partial charge in [-0.15, -0.1) is 0 Å². The molecule has 2 aliphatic rings. The first-order valence-corrected chi connectivity index (χ1v) is 10.7. The van der Waals surface area contributed by atoms with Gasteiger partial charge in [0.2, 0.25) is 5.91 Å². The van der Waals surface area contributed by atoms with Crippen molar-refractivity contribution >= 4 is 12.0 Å². The Morgan fingerprint density at radius 2 is 1.67 bits per heavy atom. The van der Waals surface area contributed by atoms with Gasteiger partial charge in [-0.3, -0.25) is 4.79 Å². The Bertz CT molecular complexity index is 491. The highest BCUT2D eigenvalue weighted by Gasteiger charge is 2.38. The predicted octanol–water partition coefficient (Wildman–Crippen LogP) is 3.35. The average molecular weight is 382 g/mol. The summed E-state index contributed by atoms with van der Waals surface area (Å²) in [4.78, 5) is 30.9. The van der Waals surface area contributed by atoms with Crippen molar-refractivity contribution < 1.29 is 14.3 Å². The zero-order valence-corrected chi connectivity index (χ0v) is 18.1. The second-order valence-electron chi connectivity index (χ2n) is 8.76. The quantitative estimate of drug-likeness (QED) is 0.733. The summed E-state index contributed by atoms with van der Waals surface area (Å²) in [6, 6.07) is 1.28. The molecule has 0 spiro atoms. The van der Waals surface area contributed by atoms with Gasteiger partial charge in [0, 0.05) is 50.7 Å². The van der Waals surface area contributed by atoms with Crippen LogP contribution in [0.25, 0.3) is 0 Å². The number of nitrogens with zero attached hydrogens (tertiary/aromatic N) is 3. The first kappa shape index (κ1) is 22.0. The first-order valence-electron chi connectivity index (χ1n) is 10.7. The molecule has 0 aliphatic carbocycles. The van der Waals surface area contributed by atoms with Crippen molar-refractivity contribution in [3.8, 4) is 0 Å². The SMILES string of the molecule is CCOC(=O)N1C(C)CC(N2CCC(N(CC(C)C)C(C)=O)CC2)CC1C. The summed E-state index contributed by atoms with van der Waals surface area (Å²) >= 11 is 0. The first-order chi connectivity index (χ1) is 12.7. The van der Waals surface area contributed by atoms with Gasteiger partial charge in [0.25, 0.3) is 0 Å². The third kappa shape index (κ3) is 5.59. The summed E-state index contributed by atoms with van der Waals surface area (Å²) in [5.41, 5.74) is 0. The summed E-state index contributed by atoms with van der Waals surface area (Å²) < 4.78 is 5.23. The van der Waals surface area contributed by atoms with E-state index in [0.717, 1.165) is 45.3 Å². The van der Waals surface area contributed by atoms with Crippen LogP contribution in [0, 0.1) is 5.92 Å². The molecule has 0 radical (unpaired) electrons. The Morgan fingerprint density at radius 1 is 1.11 bits per heavy atom. The van der Waals surface area contributed by atoms with E-state index in [2.05, 4.69) is 37.5 Å². The molecular formula is C21H39N3O3. The summed E-state index contributed by atoms with van der Waals surface area (Å²) in [5, 5.41) is 0. The van der Waals surface area contributed by atoms with Gasteiger partial charge in [0.05, 0.1) is 6.61 Å². The van der Waals surface area contributed by atoms with Crippen molar-refractivity contribution in [1.82, 2.24) is 14.7 Å². The Hall–Kier alpha value is -1.30. The van der Waals surface area contributed by atoms with E-state index in [4.69, 9.17) is 4.74 Å². The Labute approximate surface area is 165 Å². The minimum absolute atomic E-state index is 0.180. The topological polar surface area (TPSA) is 53.1 Å². The Morgan fingerprint density at radius 3 is 2.11 bits per heavy atom. The average Bonchev–Trinajstić information content (AvgIpc) is 2.59. The van der Waals surface area contributed by atoms with Crippen LogP contribution in [0.1, 0.15) is 67.2 Å². The van der Waals surface area contributed by atoms with Crippen LogP contribution in [0.3, 0.4) is 0 Å². The highest BCUT2D eigenvalue weighted by Crippen LogP contribution is 2.30. The van der Waals surface area contributed by atoms with E-state index in [0.29, 0.717) is 24.6 Å². The number of hydrogen-bond donors (Lipinski definition) is 0. The molecule has 2 saturated heterocycles. The summed E-state index contributed by atoms with van der Waals surface area (Å²) in [5.74, 6) is 0.702. The van der Waals surface area contributed by atoms with Crippen molar-refractivity contribution in [3.63, 3.8) is 0 Å². The van der Waals surface area contributed by atoms with Crippen molar-refractivity contribution in [1.29, 1.82) is 0 Å². The van der Waals surface area contributed by atoms with Gasteiger partial charge in [0.15, 0.2) is 0 Å². The molecule has 6 heteroatoms. The summed E-state index contributed by atoms with van der Waals surface area (Å²) in [7, 11) is 0. The minimum atomic E-state index is -0.180. The van der Waals surface area contributed by atoms with Crippen LogP contribution >= 0.6 is 0 Å². The van der Waals surface area contributed by atoms with E-state index in [1.54, 1.807) is 6.92 Å². The van der Waals surface area contributed by atoms with E-state index >= 15 is 0 Å². The van der Waals surface area contributed by atoms with Gasteiger partial charge in [-0.25, -0.2) is 4.79 Å². The van der Waals surface area contributed by atoms with Crippen LogP contribution in [0.15, 0.2) is 0 Å². The molecular weight excluding hydrogens is 342 g/mol. The molecule has 2 heterocycles. The van der Waals surface area contributed by atoms with Crippen LogP contribution in [0.2, 0.25) is 0 Å². The van der Waals surface area contributed by atoms with Crippen LogP contribution in [0.4, 0.5) is 4.79 Å². The summed E-state index contributed by atoms with van der Waals surface area (Å²) in [6.45, 7) is 15.5. The minimum Gasteiger partial charge on any atom is -0.450 e. The van der Waals surface area contributed by atoms with Gasteiger partial charge in [-0.1, -0.05) is 13.8 Å². The van der Waals surface area contributed by atoms with Gasteiger partial charge in [-0.05, 0) is 52.4 Å². The molecule has 2 rings (SSSR count). The molecule has 6 nitrogen and oxygen atoms in total. The number of carbonyl (C=O) groups excluding carboxylic acids is 2. The van der Waals surface area contributed by atoms with Gasteiger partial charge < -0.3 is 19.4 Å². The van der Waals surface area contributed by atoms with E-state index in [1.165, 1.54) is 0 Å². The molecule has 27 heavy (non-hydrogen) atoms. The molecule has 2 atom stereocenters. The highest BCUT2D eigenvalue weighted by molar-refractivity contribution is 5.73. The lowest BCUT2D eigenvalue weighted by Gasteiger charge is -2.48.